The van der Waals surface area contributed by atoms with Crippen molar-refractivity contribution in [2.75, 3.05) is 6.54 Å². The minimum absolute atomic E-state index is 0.0655. The zero-order chi connectivity index (χ0) is 14.2. The van der Waals surface area contributed by atoms with Crippen LogP contribution in [0.3, 0.4) is 0 Å². The molecule has 0 saturated carbocycles. The second-order valence-corrected chi connectivity index (χ2v) is 6.16. The van der Waals surface area contributed by atoms with Crippen LogP contribution in [0.1, 0.15) is 38.7 Å². The van der Waals surface area contributed by atoms with E-state index in [4.69, 9.17) is 4.74 Å². The van der Waals surface area contributed by atoms with Gasteiger partial charge in [0.25, 0.3) is 5.91 Å². The van der Waals surface area contributed by atoms with Crippen LogP contribution in [0.4, 0.5) is 0 Å². The lowest BCUT2D eigenvalue weighted by molar-refractivity contribution is -0.167. The third kappa shape index (κ3) is 2.23. The van der Waals surface area contributed by atoms with E-state index < -0.39 is 11.4 Å². The number of nitrogens with one attached hydrogen (secondary N) is 1. The van der Waals surface area contributed by atoms with Gasteiger partial charge in [-0.15, -0.1) is 0 Å². The van der Waals surface area contributed by atoms with E-state index in [0.717, 1.165) is 31.4 Å². The molecule has 2 heterocycles. The van der Waals surface area contributed by atoms with Crippen molar-refractivity contribution in [3.8, 4) is 0 Å². The molecule has 4 nitrogen and oxygen atoms in total. The molecule has 2 aliphatic rings. The summed E-state index contributed by atoms with van der Waals surface area (Å²) in [6, 6.07) is 10.1. The Labute approximate surface area is 120 Å². The predicted molar refractivity (Wildman–Crippen MR) is 76.7 cm³/mol. The highest BCUT2D eigenvalue weighted by molar-refractivity contribution is 5.86. The molecule has 4 heteroatoms. The third-order valence-electron chi connectivity index (χ3n) is 4.15. The Hall–Kier alpha value is -1.39. The first-order chi connectivity index (χ1) is 9.54. The lowest BCUT2D eigenvalue weighted by Gasteiger charge is -2.40. The summed E-state index contributed by atoms with van der Waals surface area (Å²) in [5.41, 5.74) is 0.382. The molecule has 1 amide bonds. The summed E-state index contributed by atoms with van der Waals surface area (Å²) in [4.78, 5) is 14.5. The van der Waals surface area contributed by atoms with Gasteiger partial charge in [0.15, 0.2) is 0 Å². The largest absolute Gasteiger partial charge is 0.326 e. The molecule has 1 unspecified atom stereocenters. The monoisotopic (exact) mass is 274 g/mol. The van der Waals surface area contributed by atoms with Crippen molar-refractivity contribution in [1.29, 1.82) is 0 Å². The Kier molecular flexibility index (Phi) is 3.30. The number of carbonyl (C=O) groups is 1. The fourth-order valence-electron chi connectivity index (χ4n) is 3.15. The number of carbonyl (C=O) groups excluding carboxylic acids is 1. The highest BCUT2D eigenvalue weighted by Crippen LogP contribution is 2.39. The third-order valence-corrected chi connectivity index (χ3v) is 4.15. The standard InChI is InChI=1S/C16H22N2O2/c1-15(2)14(19)18(12-13-8-4-3-5-9-13)16(20-15)10-6-7-11-17-16/h3-5,8-9,17H,6-7,10-12H2,1-2H3. The number of rotatable bonds is 2. The van der Waals surface area contributed by atoms with Crippen molar-refractivity contribution in [3.63, 3.8) is 0 Å². The fraction of sp³-hybridized carbons (Fsp3) is 0.562. The molecular weight excluding hydrogens is 252 g/mol. The maximum atomic E-state index is 12.7. The van der Waals surface area contributed by atoms with Crippen molar-refractivity contribution < 1.29 is 9.53 Å². The summed E-state index contributed by atoms with van der Waals surface area (Å²) >= 11 is 0. The highest BCUT2D eigenvalue weighted by Gasteiger charge is 2.56. The van der Waals surface area contributed by atoms with Gasteiger partial charge >= 0.3 is 0 Å². The number of benzene rings is 1. The number of hydrogen-bond donors (Lipinski definition) is 1. The SMILES string of the molecule is CC1(C)OC2(CCCCN2)N(Cc2ccccc2)C1=O. The van der Waals surface area contributed by atoms with Crippen molar-refractivity contribution in [3.05, 3.63) is 35.9 Å². The van der Waals surface area contributed by atoms with Gasteiger partial charge in [-0.3, -0.25) is 15.0 Å². The molecule has 0 radical (unpaired) electrons. The number of piperidine rings is 1. The molecule has 3 rings (SSSR count). The molecule has 1 atom stereocenters. The molecule has 0 bridgehead atoms. The van der Waals surface area contributed by atoms with Gasteiger partial charge in [-0.25, -0.2) is 0 Å². The minimum atomic E-state index is -0.751. The van der Waals surface area contributed by atoms with Gasteiger partial charge in [0.2, 0.25) is 5.85 Å². The van der Waals surface area contributed by atoms with Crippen molar-refractivity contribution in [1.82, 2.24) is 10.2 Å². The number of ether oxygens (including phenoxy) is 1. The normalized spacial score (nSPS) is 29.1. The van der Waals surface area contributed by atoms with Gasteiger partial charge < -0.3 is 4.74 Å². The average molecular weight is 274 g/mol. The number of amides is 1. The maximum Gasteiger partial charge on any atom is 0.258 e. The van der Waals surface area contributed by atoms with Crippen LogP contribution in [-0.4, -0.2) is 28.8 Å². The van der Waals surface area contributed by atoms with E-state index in [1.165, 1.54) is 0 Å². The zero-order valence-corrected chi connectivity index (χ0v) is 12.2. The van der Waals surface area contributed by atoms with Gasteiger partial charge in [-0.2, -0.15) is 0 Å². The number of hydrogen-bond acceptors (Lipinski definition) is 3. The second-order valence-electron chi connectivity index (χ2n) is 6.16. The van der Waals surface area contributed by atoms with E-state index >= 15 is 0 Å². The van der Waals surface area contributed by atoms with Gasteiger partial charge in [-0.1, -0.05) is 30.3 Å². The first-order valence-corrected chi connectivity index (χ1v) is 7.35. The zero-order valence-electron chi connectivity index (χ0n) is 12.2. The Balaban J connectivity index is 1.90. The first kappa shape index (κ1) is 13.6. The molecule has 0 aliphatic carbocycles. The van der Waals surface area contributed by atoms with Crippen LogP contribution >= 0.6 is 0 Å². The van der Waals surface area contributed by atoms with E-state index in [1.807, 2.05) is 36.9 Å². The molecule has 1 spiro atoms. The molecule has 2 saturated heterocycles. The summed E-state index contributed by atoms with van der Waals surface area (Å²) in [6.07, 6.45) is 3.08. The van der Waals surface area contributed by atoms with Gasteiger partial charge in [0.1, 0.15) is 5.60 Å². The van der Waals surface area contributed by atoms with Crippen LogP contribution < -0.4 is 5.32 Å². The van der Waals surface area contributed by atoms with Crippen LogP contribution in [0.15, 0.2) is 30.3 Å². The van der Waals surface area contributed by atoms with E-state index in [1.54, 1.807) is 0 Å². The smallest absolute Gasteiger partial charge is 0.258 e. The molecule has 1 N–H and O–H groups in total. The predicted octanol–water partition coefficient (Wildman–Crippen LogP) is 2.25. The summed E-state index contributed by atoms with van der Waals surface area (Å²) in [5.74, 6) is -0.551. The molecule has 108 valence electrons. The molecule has 1 aromatic rings. The highest BCUT2D eigenvalue weighted by atomic mass is 16.6. The number of nitrogens with zero attached hydrogens (tertiary/aromatic N) is 1. The summed E-state index contributed by atoms with van der Waals surface area (Å²) in [5, 5.41) is 3.43. The average Bonchev–Trinajstić information content (AvgIpc) is 2.61. The minimum Gasteiger partial charge on any atom is -0.326 e. The molecule has 2 fully saturated rings. The van der Waals surface area contributed by atoms with E-state index in [-0.39, 0.29) is 5.91 Å². The molecule has 1 aromatic carbocycles. The summed E-state index contributed by atoms with van der Waals surface area (Å²) in [7, 11) is 0. The Morgan fingerprint density at radius 2 is 2.00 bits per heavy atom. The van der Waals surface area contributed by atoms with Crippen molar-refractivity contribution in [2.24, 2.45) is 0 Å². The van der Waals surface area contributed by atoms with E-state index in [2.05, 4.69) is 17.4 Å². The van der Waals surface area contributed by atoms with E-state index in [9.17, 15) is 4.79 Å². The van der Waals surface area contributed by atoms with Crippen LogP contribution in [-0.2, 0) is 16.1 Å². The van der Waals surface area contributed by atoms with Crippen LogP contribution in [0.5, 0.6) is 0 Å². The first-order valence-electron chi connectivity index (χ1n) is 7.35. The molecule has 0 aromatic heterocycles. The fourth-order valence-corrected chi connectivity index (χ4v) is 3.15. The van der Waals surface area contributed by atoms with Gasteiger partial charge in [0, 0.05) is 13.0 Å². The molecular formula is C16H22N2O2. The lowest BCUT2D eigenvalue weighted by atomic mass is 10.1. The van der Waals surface area contributed by atoms with Crippen LogP contribution in [0.2, 0.25) is 0 Å². The van der Waals surface area contributed by atoms with Crippen molar-refractivity contribution >= 4 is 5.91 Å². The van der Waals surface area contributed by atoms with Crippen LogP contribution in [0, 0.1) is 0 Å². The Morgan fingerprint density at radius 1 is 1.25 bits per heavy atom. The molecule has 20 heavy (non-hydrogen) atoms. The van der Waals surface area contributed by atoms with Crippen LogP contribution in [0.25, 0.3) is 0 Å². The second kappa shape index (κ2) is 4.86. The summed E-state index contributed by atoms with van der Waals surface area (Å²) < 4.78 is 6.14. The van der Waals surface area contributed by atoms with Gasteiger partial charge in [0.05, 0.1) is 0 Å². The van der Waals surface area contributed by atoms with Gasteiger partial charge in [-0.05, 0) is 38.8 Å². The van der Waals surface area contributed by atoms with E-state index in [0.29, 0.717) is 6.54 Å². The Morgan fingerprint density at radius 3 is 2.65 bits per heavy atom. The quantitative estimate of drug-likeness (QED) is 0.899. The maximum absolute atomic E-state index is 12.7. The van der Waals surface area contributed by atoms with Crippen molar-refractivity contribution in [2.45, 2.75) is 51.1 Å². The lowest BCUT2D eigenvalue weighted by Crippen LogP contribution is -2.59. The summed E-state index contributed by atoms with van der Waals surface area (Å²) in [6.45, 7) is 5.21. The topological polar surface area (TPSA) is 41.6 Å². The molecule has 2 aliphatic heterocycles. The Bertz CT molecular complexity index is 492.